The third-order valence-electron chi connectivity index (χ3n) is 2.73. The molecule has 0 spiro atoms. The fourth-order valence-corrected chi connectivity index (χ4v) is 2.95. The van der Waals surface area contributed by atoms with Crippen LogP contribution in [0.25, 0.3) is 0 Å². The highest BCUT2D eigenvalue weighted by Crippen LogP contribution is 2.30. The molecule has 1 aromatic carbocycles. The number of hydrogen-bond acceptors (Lipinski definition) is 3. The molecule has 0 radical (unpaired) electrons. The lowest BCUT2D eigenvalue weighted by molar-refractivity contribution is 0.300. The van der Waals surface area contributed by atoms with Crippen molar-refractivity contribution in [3.05, 3.63) is 28.8 Å². The Morgan fingerprint density at radius 2 is 2.11 bits per heavy atom. The van der Waals surface area contributed by atoms with Crippen molar-refractivity contribution in [1.82, 2.24) is 5.32 Å². The van der Waals surface area contributed by atoms with Crippen LogP contribution in [0.3, 0.4) is 0 Å². The van der Waals surface area contributed by atoms with Crippen LogP contribution >= 0.6 is 23.4 Å². The quantitative estimate of drug-likeness (QED) is 0.747. The van der Waals surface area contributed by atoms with Crippen molar-refractivity contribution in [2.45, 2.75) is 43.4 Å². The predicted molar refractivity (Wildman–Crippen MR) is 80.6 cm³/mol. The van der Waals surface area contributed by atoms with E-state index in [0.717, 1.165) is 28.4 Å². The molecule has 0 aromatic heterocycles. The smallest absolute Gasteiger partial charge is 0.0550 e. The molecule has 0 amide bonds. The average molecular weight is 288 g/mol. The van der Waals surface area contributed by atoms with Gasteiger partial charge in [-0.2, -0.15) is 0 Å². The van der Waals surface area contributed by atoms with Gasteiger partial charge in [0.1, 0.15) is 0 Å². The van der Waals surface area contributed by atoms with E-state index in [1.54, 1.807) is 11.8 Å². The molecule has 0 aliphatic carbocycles. The van der Waals surface area contributed by atoms with Crippen LogP contribution in [-0.2, 0) is 0 Å². The Kier molecular flexibility index (Phi) is 7.08. The van der Waals surface area contributed by atoms with E-state index in [9.17, 15) is 0 Å². The molecule has 2 unspecified atom stereocenters. The second-order valence-electron chi connectivity index (χ2n) is 4.47. The van der Waals surface area contributed by atoms with Gasteiger partial charge in [-0.25, -0.2) is 0 Å². The molecule has 1 aromatic rings. The highest BCUT2D eigenvalue weighted by molar-refractivity contribution is 8.00. The molecule has 0 saturated heterocycles. The Morgan fingerprint density at radius 3 is 2.67 bits per heavy atom. The molecule has 0 heterocycles. The number of thioether (sulfide) groups is 1. The second kappa shape index (κ2) is 8.05. The first-order chi connectivity index (χ1) is 8.58. The largest absolute Gasteiger partial charge is 0.395 e. The number of nitrogens with one attached hydrogen (secondary N) is 1. The van der Waals surface area contributed by atoms with Gasteiger partial charge in [-0.3, -0.25) is 0 Å². The lowest BCUT2D eigenvalue weighted by atomic mass is 10.1. The van der Waals surface area contributed by atoms with Gasteiger partial charge >= 0.3 is 0 Å². The molecule has 0 aliphatic rings. The summed E-state index contributed by atoms with van der Waals surface area (Å²) in [4.78, 5) is 1.10. The Bertz CT molecular complexity index is 373. The predicted octanol–water partition coefficient (Wildman–Crippen LogP) is 3.87. The van der Waals surface area contributed by atoms with Crippen LogP contribution in [0.15, 0.2) is 23.1 Å². The number of aliphatic hydroxyl groups is 1. The van der Waals surface area contributed by atoms with Crippen LogP contribution in [0, 0.1) is 0 Å². The van der Waals surface area contributed by atoms with E-state index in [2.05, 4.69) is 31.3 Å². The number of benzene rings is 1. The summed E-state index contributed by atoms with van der Waals surface area (Å²) >= 11 is 7.96. The van der Waals surface area contributed by atoms with Gasteiger partial charge in [0.2, 0.25) is 0 Å². The van der Waals surface area contributed by atoms with Crippen molar-refractivity contribution in [2.24, 2.45) is 0 Å². The molecular formula is C14H22ClNOS. The standard InChI is InChI=1S/C14H22ClNOS/c1-4-7-16-11(3)13-6-5-12(8-14(13)15)18-10(2)9-17/h5-6,8,10-11,16-17H,4,7,9H2,1-3H3. The van der Waals surface area contributed by atoms with Crippen molar-refractivity contribution in [3.8, 4) is 0 Å². The highest BCUT2D eigenvalue weighted by atomic mass is 35.5. The zero-order valence-electron chi connectivity index (χ0n) is 11.2. The van der Waals surface area contributed by atoms with Crippen LogP contribution < -0.4 is 5.32 Å². The molecule has 0 fully saturated rings. The minimum Gasteiger partial charge on any atom is -0.395 e. The molecule has 2 atom stereocenters. The minimum atomic E-state index is 0.179. The van der Waals surface area contributed by atoms with Crippen molar-refractivity contribution >= 4 is 23.4 Å². The summed E-state index contributed by atoms with van der Waals surface area (Å²) < 4.78 is 0. The molecule has 102 valence electrons. The third kappa shape index (κ3) is 4.81. The zero-order chi connectivity index (χ0) is 13.5. The molecule has 18 heavy (non-hydrogen) atoms. The molecule has 2 nitrogen and oxygen atoms in total. The molecule has 1 rings (SSSR count). The number of rotatable bonds is 7. The first-order valence-corrected chi connectivity index (χ1v) is 7.64. The van der Waals surface area contributed by atoms with Gasteiger partial charge < -0.3 is 10.4 Å². The van der Waals surface area contributed by atoms with Crippen molar-refractivity contribution in [3.63, 3.8) is 0 Å². The van der Waals surface area contributed by atoms with Crippen LogP contribution in [0.5, 0.6) is 0 Å². The van der Waals surface area contributed by atoms with E-state index < -0.39 is 0 Å². The van der Waals surface area contributed by atoms with Gasteiger partial charge in [-0.1, -0.05) is 31.5 Å². The van der Waals surface area contributed by atoms with Crippen LogP contribution in [0.1, 0.15) is 38.8 Å². The molecule has 0 saturated carbocycles. The lowest BCUT2D eigenvalue weighted by Gasteiger charge is -2.16. The van der Waals surface area contributed by atoms with Crippen LogP contribution in [0.4, 0.5) is 0 Å². The molecular weight excluding hydrogens is 266 g/mol. The van der Waals surface area contributed by atoms with Crippen molar-refractivity contribution in [2.75, 3.05) is 13.2 Å². The maximum Gasteiger partial charge on any atom is 0.0550 e. The maximum atomic E-state index is 9.04. The SMILES string of the molecule is CCCNC(C)c1ccc(SC(C)CO)cc1Cl. The Balaban J connectivity index is 2.72. The van der Waals surface area contributed by atoms with E-state index in [-0.39, 0.29) is 17.9 Å². The topological polar surface area (TPSA) is 32.3 Å². The number of aliphatic hydroxyl groups excluding tert-OH is 1. The monoisotopic (exact) mass is 287 g/mol. The maximum absolute atomic E-state index is 9.04. The van der Waals surface area contributed by atoms with E-state index in [1.165, 1.54) is 0 Å². The summed E-state index contributed by atoms with van der Waals surface area (Å²) in [6, 6.07) is 6.40. The Labute approximate surface area is 119 Å². The summed E-state index contributed by atoms with van der Waals surface area (Å²) in [6.07, 6.45) is 1.11. The number of hydrogen-bond donors (Lipinski definition) is 2. The molecule has 0 aliphatic heterocycles. The van der Waals surface area contributed by atoms with Gasteiger partial charge in [0.25, 0.3) is 0 Å². The lowest BCUT2D eigenvalue weighted by Crippen LogP contribution is -2.19. The van der Waals surface area contributed by atoms with Gasteiger partial charge in [-0.15, -0.1) is 11.8 Å². The van der Waals surface area contributed by atoms with Gasteiger partial charge in [-0.05, 0) is 37.6 Å². The average Bonchev–Trinajstić information content (AvgIpc) is 2.36. The third-order valence-corrected chi connectivity index (χ3v) is 4.14. The second-order valence-corrected chi connectivity index (χ2v) is 6.39. The fourth-order valence-electron chi connectivity index (χ4n) is 1.67. The summed E-state index contributed by atoms with van der Waals surface area (Å²) in [5, 5.41) is 13.5. The van der Waals surface area contributed by atoms with Crippen molar-refractivity contribution in [1.29, 1.82) is 0 Å². The van der Waals surface area contributed by atoms with Crippen LogP contribution in [0.2, 0.25) is 5.02 Å². The molecule has 2 N–H and O–H groups in total. The van der Waals surface area contributed by atoms with Crippen LogP contribution in [-0.4, -0.2) is 23.5 Å². The van der Waals surface area contributed by atoms with E-state index in [4.69, 9.17) is 16.7 Å². The van der Waals surface area contributed by atoms with Gasteiger partial charge in [0.05, 0.1) is 6.61 Å². The number of halogens is 1. The normalized spacial score (nSPS) is 14.5. The first-order valence-electron chi connectivity index (χ1n) is 6.38. The summed E-state index contributed by atoms with van der Waals surface area (Å²) in [7, 11) is 0. The Morgan fingerprint density at radius 1 is 1.39 bits per heavy atom. The fraction of sp³-hybridized carbons (Fsp3) is 0.571. The van der Waals surface area contributed by atoms with E-state index >= 15 is 0 Å². The Hall–Kier alpha value is -0.220. The van der Waals surface area contributed by atoms with E-state index in [0.29, 0.717) is 0 Å². The van der Waals surface area contributed by atoms with Crippen molar-refractivity contribution < 1.29 is 5.11 Å². The highest BCUT2D eigenvalue weighted by Gasteiger charge is 2.10. The summed E-state index contributed by atoms with van der Waals surface area (Å²) in [5.74, 6) is 0. The summed E-state index contributed by atoms with van der Waals surface area (Å²) in [5.41, 5.74) is 1.13. The zero-order valence-corrected chi connectivity index (χ0v) is 12.8. The van der Waals surface area contributed by atoms with E-state index in [1.807, 2.05) is 13.0 Å². The first kappa shape index (κ1) is 15.8. The molecule has 0 bridgehead atoms. The van der Waals surface area contributed by atoms with Gasteiger partial charge in [0, 0.05) is 21.2 Å². The minimum absolute atomic E-state index is 0.179. The molecule has 4 heteroatoms. The summed E-state index contributed by atoms with van der Waals surface area (Å²) in [6.45, 7) is 7.45. The van der Waals surface area contributed by atoms with Gasteiger partial charge in [0.15, 0.2) is 0 Å².